The Labute approximate surface area is 125 Å². The molecule has 114 valence electrons. The molecule has 0 spiro atoms. The quantitative estimate of drug-likeness (QED) is 0.394. The van der Waals surface area contributed by atoms with Crippen molar-refractivity contribution in [3.63, 3.8) is 0 Å². The molecule has 5 heteroatoms. The second-order valence-corrected chi connectivity index (χ2v) is 4.54. The van der Waals surface area contributed by atoms with Crippen molar-refractivity contribution < 1.29 is 22.3 Å². The van der Waals surface area contributed by atoms with Crippen molar-refractivity contribution in [2.75, 3.05) is 0 Å². The molecule has 0 amide bonds. The lowest BCUT2D eigenvalue weighted by molar-refractivity contribution is 0.241. The van der Waals surface area contributed by atoms with Crippen LogP contribution in [0.15, 0.2) is 60.6 Å². The molecule has 0 radical (unpaired) electrons. The molecule has 0 aliphatic rings. The zero-order valence-corrected chi connectivity index (χ0v) is 11.6. The fourth-order valence-electron chi connectivity index (χ4n) is 1.82. The van der Waals surface area contributed by atoms with Crippen molar-refractivity contribution in [1.29, 1.82) is 0 Å². The molecule has 1 nitrogen and oxygen atoms in total. The van der Waals surface area contributed by atoms with Gasteiger partial charge in [-0.3, -0.25) is 0 Å². The van der Waals surface area contributed by atoms with E-state index in [1.54, 1.807) is 24.3 Å². The highest BCUT2D eigenvalue weighted by molar-refractivity contribution is 5.80. The third-order valence-corrected chi connectivity index (χ3v) is 2.92. The number of allylic oxidation sites excluding steroid dienone is 1. The number of benzene rings is 2. The Balaban J connectivity index is 2.16. The number of ether oxygens (including phenoxy) is 1. The lowest BCUT2D eigenvalue weighted by Gasteiger charge is -2.05. The first kappa shape index (κ1) is 15.8. The van der Waals surface area contributed by atoms with Gasteiger partial charge in [-0.2, -0.15) is 13.2 Å². The lowest BCUT2D eigenvalue weighted by Crippen LogP contribution is -1.91. The van der Waals surface area contributed by atoms with Crippen molar-refractivity contribution >= 4 is 11.6 Å². The van der Waals surface area contributed by atoms with Gasteiger partial charge in [-0.25, -0.2) is 4.39 Å². The van der Waals surface area contributed by atoms with E-state index in [2.05, 4.69) is 4.74 Å². The maximum absolute atomic E-state index is 12.8. The lowest BCUT2D eigenvalue weighted by atomic mass is 10.0. The molecular formula is C17H12F4O. The van der Waals surface area contributed by atoms with Crippen LogP contribution in [0.25, 0.3) is 11.6 Å². The van der Waals surface area contributed by atoms with Crippen molar-refractivity contribution in [2.24, 2.45) is 0 Å². The zero-order valence-electron chi connectivity index (χ0n) is 11.6. The van der Waals surface area contributed by atoms with E-state index in [-0.39, 0.29) is 11.6 Å². The van der Waals surface area contributed by atoms with Gasteiger partial charge in [0.2, 0.25) is 0 Å². The fourth-order valence-corrected chi connectivity index (χ4v) is 1.82. The molecule has 0 saturated heterocycles. The predicted molar refractivity (Wildman–Crippen MR) is 77.4 cm³/mol. The van der Waals surface area contributed by atoms with E-state index in [1.807, 2.05) is 13.0 Å². The summed E-state index contributed by atoms with van der Waals surface area (Å²) in [5.74, 6) is -0.338. The van der Waals surface area contributed by atoms with Crippen molar-refractivity contribution in [3.05, 3.63) is 77.6 Å². The average molecular weight is 308 g/mol. The number of rotatable bonds is 4. The highest BCUT2D eigenvalue weighted by atomic mass is 19.3. The van der Waals surface area contributed by atoms with Crippen molar-refractivity contribution in [1.82, 2.24) is 0 Å². The van der Waals surface area contributed by atoms with Crippen LogP contribution in [-0.4, -0.2) is 0 Å². The maximum atomic E-state index is 12.8. The summed E-state index contributed by atoms with van der Waals surface area (Å²) in [6.45, 7) is 1.85. The summed E-state index contributed by atoms with van der Waals surface area (Å²) in [4.78, 5) is 0. The maximum Gasteiger partial charge on any atom is 0.344 e. The van der Waals surface area contributed by atoms with E-state index in [9.17, 15) is 17.6 Å². The second kappa shape index (κ2) is 6.93. The van der Waals surface area contributed by atoms with Crippen LogP contribution in [0.5, 0.6) is 5.75 Å². The molecule has 0 aliphatic carbocycles. The first-order valence-electron chi connectivity index (χ1n) is 6.38. The van der Waals surface area contributed by atoms with E-state index < -0.39 is 12.1 Å². The molecule has 0 aliphatic heterocycles. The standard InChI is InChI=1S/C17H12F4O/c1-11(10-12-2-6-14(18)7-3-12)13-4-8-15(9-5-13)22-17(21)16(19)20/h2-10H,1H3. The van der Waals surface area contributed by atoms with Crippen LogP contribution in [0.3, 0.4) is 0 Å². The highest BCUT2D eigenvalue weighted by Crippen LogP contribution is 2.23. The van der Waals surface area contributed by atoms with E-state index in [1.165, 1.54) is 24.3 Å². The van der Waals surface area contributed by atoms with Gasteiger partial charge in [0.05, 0.1) is 0 Å². The van der Waals surface area contributed by atoms with Gasteiger partial charge in [0.1, 0.15) is 11.6 Å². The van der Waals surface area contributed by atoms with Crippen LogP contribution in [0, 0.1) is 5.82 Å². The summed E-state index contributed by atoms with van der Waals surface area (Å²) in [5.41, 5.74) is 2.51. The molecule has 2 aromatic carbocycles. The summed E-state index contributed by atoms with van der Waals surface area (Å²) in [6.07, 6.45) is -0.659. The summed E-state index contributed by atoms with van der Waals surface area (Å²) in [6, 6.07) is 10.1. The minimum absolute atomic E-state index is 0.0244. The third-order valence-electron chi connectivity index (χ3n) is 2.92. The average Bonchev–Trinajstić information content (AvgIpc) is 2.50. The van der Waals surface area contributed by atoms with Gasteiger partial charge in [0.15, 0.2) is 0 Å². The van der Waals surface area contributed by atoms with Crippen molar-refractivity contribution in [2.45, 2.75) is 6.92 Å². The molecule has 0 atom stereocenters. The van der Waals surface area contributed by atoms with E-state index in [0.29, 0.717) is 0 Å². The number of hydrogen-bond acceptors (Lipinski definition) is 1. The van der Waals surface area contributed by atoms with Gasteiger partial charge in [-0.15, -0.1) is 0 Å². The SMILES string of the molecule is CC(=Cc1ccc(F)cc1)c1ccc(OC(F)=C(F)F)cc1. The van der Waals surface area contributed by atoms with E-state index in [0.717, 1.165) is 16.7 Å². The Morgan fingerprint density at radius 2 is 1.50 bits per heavy atom. The molecular weight excluding hydrogens is 296 g/mol. The summed E-state index contributed by atoms with van der Waals surface area (Å²) in [7, 11) is 0. The first-order valence-corrected chi connectivity index (χ1v) is 6.38. The molecule has 0 N–H and O–H groups in total. The van der Waals surface area contributed by atoms with Gasteiger partial charge in [0, 0.05) is 0 Å². The minimum Gasteiger partial charge on any atom is -0.428 e. The first-order chi connectivity index (χ1) is 10.5. The molecule has 0 heterocycles. The van der Waals surface area contributed by atoms with Crippen LogP contribution in [0.1, 0.15) is 18.1 Å². The molecule has 0 fully saturated rings. The van der Waals surface area contributed by atoms with Gasteiger partial charge in [0.25, 0.3) is 0 Å². The van der Waals surface area contributed by atoms with Crippen LogP contribution >= 0.6 is 0 Å². The molecule has 2 rings (SSSR count). The van der Waals surface area contributed by atoms with Crippen LogP contribution < -0.4 is 4.74 Å². The van der Waals surface area contributed by atoms with Crippen molar-refractivity contribution in [3.8, 4) is 5.75 Å². The third kappa shape index (κ3) is 4.22. The molecule has 0 saturated carbocycles. The largest absolute Gasteiger partial charge is 0.428 e. The number of halogens is 4. The summed E-state index contributed by atoms with van der Waals surface area (Å²) < 4.78 is 53.7. The molecule has 22 heavy (non-hydrogen) atoms. The monoisotopic (exact) mass is 308 g/mol. The van der Waals surface area contributed by atoms with Crippen LogP contribution in [0.2, 0.25) is 0 Å². The minimum atomic E-state index is -2.50. The summed E-state index contributed by atoms with van der Waals surface area (Å²) >= 11 is 0. The Morgan fingerprint density at radius 1 is 0.909 bits per heavy atom. The molecule has 2 aromatic rings. The van der Waals surface area contributed by atoms with Crippen LogP contribution in [-0.2, 0) is 0 Å². The normalized spacial score (nSPS) is 11.2. The summed E-state index contributed by atoms with van der Waals surface area (Å²) in [5, 5.41) is 0. The number of hydrogen-bond donors (Lipinski definition) is 0. The van der Waals surface area contributed by atoms with Gasteiger partial charge in [-0.05, 0) is 47.9 Å². The predicted octanol–water partition coefficient (Wildman–Crippen LogP) is 5.80. The van der Waals surface area contributed by atoms with E-state index >= 15 is 0 Å². The molecule has 0 bridgehead atoms. The van der Waals surface area contributed by atoms with Gasteiger partial charge in [-0.1, -0.05) is 30.3 Å². The Morgan fingerprint density at radius 3 is 2.05 bits per heavy atom. The van der Waals surface area contributed by atoms with Crippen LogP contribution in [0.4, 0.5) is 17.6 Å². The van der Waals surface area contributed by atoms with Gasteiger partial charge < -0.3 is 4.74 Å². The second-order valence-electron chi connectivity index (χ2n) is 4.54. The molecule has 0 unspecified atom stereocenters. The van der Waals surface area contributed by atoms with E-state index in [4.69, 9.17) is 0 Å². The highest BCUT2D eigenvalue weighted by Gasteiger charge is 2.07. The van der Waals surface area contributed by atoms with Gasteiger partial charge >= 0.3 is 12.1 Å². The molecule has 0 aromatic heterocycles. The Kier molecular flexibility index (Phi) is 4.99. The fraction of sp³-hybridized carbons (Fsp3) is 0.0588. The zero-order chi connectivity index (χ0) is 16.1. The Bertz CT molecular complexity index is 696. The topological polar surface area (TPSA) is 9.23 Å². The smallest absolute Gasteiger partial charge is 0.344 e. The Hall–Kier alpha value is -2.56.